The molecule has 2 rings (SSSR count). The lowest BCUT2D eigenvalue weighted by Gasteiger charge is -2.20. The van der Waals surface area contributed by atoms with Gasteiger partial charge in [0.25, 0.3) is 5.91 Å². The van der Waals surface area contributed by atoms with Crippen LogP contribution in [0.1, 0.15) is 29.1 Å². The Morgan fingerprint density at radius 3 is 2.73 bits per heavy atom. The molecule has 0 radical (unpaired) electrons. The number of carbonyl (C=O) groups is 1. The smallest absolute Gasteiger partial charge is 0.252 e. The minimum Gasteiger partial charge on any atom is -0.383 e. The molecule has 140 valence electrons. The molecule has 1 amide bonds. The molecule has 0 aliphatic heterocycles. The summed E-state index contributed by atoms with van der Waals surface area (Å²) in [4.78, 5) is 21.2. The minimum atomic E-state index is -1.01. The van der Waals surface area contributed by atoms with Gasteiger partial charge in [-0.15, -0.1) is 11.3 Å². The van der Waals surface area contributed by atoms with Gasteiger partial charge >= 0.3 is 0 Å². The average molecular weight is 375 g/mol. The minimum absolute atomic E-state index is 0.164. The molecule has 0 saturated carbocycles. The second-order valence-corrected chi connectivity index (χ2v) is 6.82. The van der Waals surface area contributed by atoms with Crippen LogP contribution in [0, 0.1) is 0 Å². The Bertz CT molecular complexity index is 702. The molecular formula is C18H25N5O2S. The first-order valence-corrected chi connectivity index (χ1v) is 9.37. The number of pyridine rings is 1. The quantitative estimate of drug-likeness (QED) is 0.317. The zero-order valence-electron chi connectivity index (χ0n) is 15.0. The number of aliphatic imine (C=N–C) groups is 1. The van der Waals surface area contributed by atoms with Crippen molar-refractivity contribution < 1.29 is 9.90 Å². The standard InChI is InChI=1S/C18H25N5O2S/c1-3-20-17(23-13-18(2,25)15-7-5-11-26-15)22-10-9-21-16(24)14-6-4-8-19-12-14/h4-8,11-12,25H,3,9-10,13H2,1-2H3,(H,21,24)(H2,20,22,23). The van der Waals surface area contributed by atoms with Crippen molar-refractivity contribution in [3.8, 4) is 0 Å². The second-order valence-electron chi connectivity index (χ2n) is 5.87. The molecule has 2 aromatic heterocycles. The Kier molecular flexibility index (Phi) is 7.55. The fourth-order valence-corrected chi connectivity index (χ4v) is 2.97. The van der Waals surface area contributed by atoms with Crippen LogP contribution in [0.4, 0.5) is 0 Å². The van der Waals surface area contributed by atoms with E-state index in [1.165, 1.54) is 17.5 Å². The molecule has 0 bridgehead atoms. The average Bonchev–Trinajstić information content (AvgIpc) is 3.19. The Labute approximate surface area is 157 Å². The van der Waals surface area contributed by atoms with Crippen molar-refractivity contribution in [1.82, 2.24) is 20.9 Å². The molecule has 0 aromatic carbocycles. The van der Waals surface area contributed by atoms with Crippen LogP contribution in [-0.4, -0.2) is 48.1 Å². The molecule has 0 saturated heterocycles. The van der Waals surface area contributed by atoms with E-state index in [-0.39, 0.29) is 12.5 Å². The van der Waals surface area contributed by atoms with E-state index >= 15 is 0 Å². The van der Waals surface area contributed by atoms with Gasteiger partial charge in [-0.25, -0.2) is 4.99 Å². The molecule has 2 heterocycles. The van der Waals surface area contributed by atoms with E-state index in [0.29, 0.717) is 31.2 Å². The molecule has 4 N–H and O–H groups in total. The van der Waals surface area contributed by atoms with Crippen LogP contribution in [0.3, 0.4) is 0 Å². The van der Waals surface area contributed by atoms with Crippen molar-refractivity contribution in [3.63, 3.8) is 0 Å². The molecule has 1 atom stereocenters. The first kappa shape index (κ1) is 19.9. The SMILES string of the molecule is CCNC(=NCC(C)(O)c1cccs1)NCCNC(=O)c1cccnc1. The maximum atomic E-state index is 11.9. The number of guanidine groups is 1. The highest BCUT2D eigenvalue weighted by molar-refractivity contribution is 7.10. The van der Waals surface area contributed by atoms with Crippen LogP contribution in [-0.2, 0) is 5.60 Å². The van der Waals surface area contributed by atoms with Gasteiger partial charge in [0.2, 0.25) is 0 Å². The summed E-state index contributed by atoms with van der Waals surface area (Å²) in [6.45, 7) is 5.62. The highest BCUT2D eigenvalue weighted by Gasteiger charge is 2.23. The number of rotatable bonds is 8. The van der Waals surface area contributed by atoms with Gasteiger partial charge in [-0.3, -0.25) is 9.78 Å². The topological polar surface area (TPSA) is 98.6 Å². The summed E-state index contributed by atoms with van der Waals surface area (Å²) < 4.78 is 0. The third-order valence-electron chi connectivity index (χ3n) is 3.57. The summed E-state index contributed by atoms with van der Waals surface area (Å²) >= 11 is 1.50. The first-order valence-electron chi connectivity index (χ1n) is 8.49. The van der Waals surface area contributed by atoms with E-state index < -0.39 is 5.60 Å². The van der Waals surface area contributed by atoms with Gasteiger partial charge in [0.1, 0.15) is 5.60 Å². The van der Waals surface area contributed by atoms with Crippen LogP contribution in [0.2, 0.25) is 0 Å². The number of carbonyl (C=O) groups excluding carboxylic acids is 1. The van der Waals surface area contributed by atoms with Crippen LogP contribution in [0.5, 0.6) is 0 Å². The largest absolute Gasteiger partial charge is 0.383 e. The number of hydrogen-bond acceptors (Lipinski definition) is 5. The molecular weight excluding hydrogens is 350 g/mol. The first-order chi connectivity index (χ1) is 12.5. The van der Waals surface area contributed by atoms with E-state index in [9.17, 15) is 9.90 Å². The predicted molar refractivity (Wildman–Crippen MR) is 104 cm³/mol. The molecule has 0 spiro atoms. The lowest BCUT2D eigenvalue weighted by Crippen LogP contribution is -2.42. The predicted octanol–water partition coefficient (Wildman–Crippen LogP) is 1.34. The number of amides is 1. The van der Waals surface area contributed by atoms with Crippen LogP contribution >= 0.6 is 11.3 Å². The monoisotopic (exact) mass is 375 g/mol. The maximum absolute atomic E-state index is 11.9. The van der Waals surface area contributed by atoms with Gasteiger partial charge in [-0.05, 0) is 37.4 Å². The third kappa shape index (κ3) is 6.12. The Balaban J connectivity index is 1.81. The summed E-state index contributed by atoms with van der Waals surface area (Å²) in [7, 11) is 0. The fourth-order valence-electron chi connectivity index (χ4n) is 2.19. The van der Waals surface area contributed by atoms with E-state index in [1.54, 1.807) is 25.3 Å². The zero-order chi connectivity index (χ0) is 18.8. The van der Waals surface area contributed by atoms with E-state index in [0.717, 1.165) is 4.88 Å². The molecule has 8 heteroatoms. The van der Waals surface area contributed by atoms with Gasteiger partial charge in [0.05, 0.1) is 12.1 Å². The normalized spacial score (nSPS) is 13.7. The van der Waals surface area contributed by atoms with Crippen molar-refractivity contribution in [2.45, 2.75) is 19.4 Å². The molecule has 0 aliphatic rings. The van der Waals surface area contributed by atoms with E-state index in [1.807, 2.05) is 24.4 Å². The Morgan fingerprint density at radius 1 is 1.27 bits per heavy atom. The fraction of sp³-hybridized carbons (Fsp3) is 0.389. The van der Waals surface area contributed by atoms with Crippen LogP contribution < -0.4 is 16.0 Å². The Hall–Kier alpha value is -2.45. The molecule has 7 nitrogen and oxygen atoms in total. The lowest BCUT2D eigenvalue weighted by molar-refractivity contribution is 0.0711. The van der Waals surface area contributed by atoms with Crippen LogP contribution in [0.25, 0.3) is 0 Å². The van der Waals surface area contributed by atoms with Crippen molar-refractivity contribution in [2.75, 3.05) is 26.2 Å². The Morgan fingerprint density at radius 2 is 2.08 bits per heavy atom. The summed E-state index contributed by atoms with van der Waals surface area (Å²) in [6, 6.07) is 7.25. The van der Waals surface area contributed by atoms with E-state index in [2.05, 4.69) is 25.9 Å². The summed E-state index contributed by atoms with van der Waals surface area (Å²) in [6.07, 6.45) is 3.16. The van der Waals surface area contributed by atoms with Crippen molar-refractivity contribution in [2.24, 2.45) is 4.99 Å². The van der Waals surface area contributed by atoms with Crippen molar-refractivity contribution >= 4 is 23.2 Å². The van der Waals surface area contributed by atoms with E-state index in [4.69, 9.17) is 0 Å². The summed E-state index contributed by atoms with van der Waals surface area (Å²) in [5, 5.41) is 21.6. The number of hydrogen-bond donors (Lipinski definition) is 4. The van der Waals surface area contributed by atoms with Gasteiger partial charge in [-0.2, -0.15) is 0 Å². The van der Waals surface area contributed by atoms with Crippen LogP contribution in [0.15, 0.2) is 47.0 Å². The molecule has 26 heavy (non-hydrogen) atoms. The molecule has 0 fully saturated rings. The molecule has 1 unspecified atom stereocenters. The zero-order valence-corrected chi connectivity index (χ0v) is 15.8. The summed E-state index contributed by atoms with van der Waals surface area (Å²) in [5.41, 5.74) is -0.481. The van der Waals surface area contributed by atoms with Gasteiger partial charge in [0.15, 0.2) is 5.96 Å². The van der Waals surface area contributed by atoms with Gasteiger partial charge in [0, 0.05) is 36.9 Å². The molecule has 0 aliphatic carbocycles. The van der Waals surface area contributed by atoms with Gasteiger partial charge in [-0.1, -0.05) is 6.07 Å². The van der Waals surface area contributed by atoms with Crippen molar-refractivity contribution in [1.29, 1.82) is 0 Å². The van der Waals surface area contributed by atoms with Gasteiger partial charge < -0.3 is 21.1 Å². The van der Waals surface area contributed by atoms with Crippen molar-refractivity contribution in [3.05, 3.63) is 52.5 Å². The maximum Gasteiger partial charge on any atom is 0.252 e. The number of aliphatic hydroxyl groups is 1. The number of nitrogens with zero attached hydrogens (tertiary/aromatic N) is 2. The second kappa shape index (κ2) is 9.88. The number of nitrogens with one attached hydrogen (secondary N) is 3. The highest BCUT2D eigenvalue weighted by Crippen LogP contribution is 2.25. The number of aromatic nitrogens is 1. The lowest BCUT2D eigenvalue weighted by atomic mass is 10.1. The third-order valence-corrected chi connectivity index (χ3v) is 4.69. The summed E-state index contributed by atoms with van der Waals surface area (Å²) in [5.74, 6) is 0.433. The highest BCUT2D eigenvalue weighted by atomic mass is 32.1. The number of thiophene rings is 1. The molecule has 2 aromatic rings.